The van der Waals surface area contributed by atoms with E-state index in [-0.39, 0.29) is 11.9 Å². The van der Waals surface area contributed by atoms with E-state index in [2.05, 4.69) is 40.4 Å². The van der Waals surface area contributed by atoms with E-state index in [4.69, 9.17) is 0 Å². The number of benzene rings is 1. The third-order valence-corrected chi connectivity index (χ3v) is 3.39. The maximum Gasteiger partial charge on any atom is 0.234 e. The Morgan fingerprint density at radius 3 is 2.67 bits per heavy atom. The Labute approximate surface area is 117 Å². The van der Waals surface area contributed by atoms with Crippen molar-refractivity contribution in [1.29, 1.82) is 0 Å². The molecule has 0 saturated carbocycles. The Morgan fingerprint density at radius 2 is 2.06 bits per heavy atom. The fraction of sp³-hybridized carbons (Fsp3) is 0.500. The molecular formula is C14H21BrN2O. The first-order valence-corrected chi connectivity index (χ1v) is 7.03. The molecule has 0 saturated heterocycles. The third kappa shape index (κ3) is 5.65. The Kier molecular flexibility index (Phi) is 6.36. The van der Waals surface area contributed by atoms with Gasteiger partial charge in [-0.05, 0) is 30.5 Å². The first kappa shape index (κ1) is 15.2. The number of rotatable bonds is 6. The molecule has 0 bridgehead atoms. The van der Waals surface area contributed by atoms with E-state index in [0.29, 0.717) is 19.0 Å². The molecule has 0 aliphatic heterocycles. The van der Waals surface area contributed by atoms with Crippen LogP contribution in [0.5, 0.6) is 0 Å². The van der Waals surface area contributed by atoms with Gasteiger partial charge in [0.1, 0.15) is 0 Å². The van der Waals surface area contributed by atoms with Crippen LogP contribution >= 0.6 is 15.9 Å². The van der Waals surface area contributed by atoms with Gasteiger partial charge in [-0.15, -0.1) is 0 Å². The molecule has 0 radical (unpaired) electrons. The summed E-state index contributed by atoms with van der Waals surface area (Å²) in [5.41, 5.74) is 1.16. The van der Waals surface area contributed by atoms with Crippen LogP contribution in [0.15, 0.2) is 28.7 Å². The van der Waals surface area contributed by atoms with Gasteiger partial charge in [-0.2, -0.15) is 0 Å². The maximum absolute atomic E-state index is 11.6. The van der Waals surface area contributed by atoms with E-state index in [1.165, 1.54) is 0 Å². The smallest absolute Gasteiger partial charge is 0.234 e. The van der Waals surface area contributed by atoms with E-state index in [0.717, 1.165) is 10.0 Å². The lowest BCUT2D eigenvalue weighted by Gasteiger charge is -2.17. The molecule has 3 nitrogen and oxygen atoms in total. The fourth-order valence-corrected chi connectivity index (χ4v) is 1.89. The van der Waals surface area contributed by atoms with E-state index in [1.807, 2.05) is 31.2 Å². The summed E-state index contributed by atoms with van der Waals surface area (Å²) in [5, 5.41) is 6.11. The Hall–Kier alpha value is -0.870. The molecule has 1 aromatic carbocycles. The predicted octanol–water partition coefficient (Wildman–Crippen LogP) is 2.70. The predicted molar refractivity (Wildman–Crippen MR) is 78.3 cm³/mol. The van der Waals surface area contributed by atoms with Gasteiger partial charge in [-0.1, -0.05) is 41.9 Å². The Balaban J connectivity index is 2.27. The van der Waals surface area contributed by atoms with Gasteiger partial charge in [0, 0.05) is 17.1 Å². The second-order valence-corrected chi connectivity index (χ2v) is 5.75. The molecule has 0 heterocycles. The zero-order chi connectivity index (χ0) is 13.5. The third-order valence-electron chi connectivity index (χ3n) is 2.89. The summed E-state index contributed by atoms with van der Waals surface area (Å²) in [4.78, 5) is 11.6. The van der Waals surface area contributed by atoms with E-state index in [1.54, 1.807) is 0 Å². The van der Waals surface area contributed by atoms with Crippen molar-refractivity contribution < 1.29 is 4.79 Å². The molecule has 18 heavy (non-hydrogen) atoms. The molecule has 1 unspecified atom stereocenters. The number of amides is 1. The van der Waals surface area contributed by atoms with E-state index in [9.17, 15) is 4.79 Å². The molecule has 0 aromatic heterocycles. The van der Waals surface area contributed by atoms with Crippen molar-refractivity contribution in [3.63, 3.8) is 0 Å². The number of halogens is 1. The minimum absolute atomic E-state index is 0.0474. The van der Waals surface area contributed by atoms with E-state index < -0.39 is 0 Å². The van der Waals surface area contributed by atoms with Crippen molar-refractivity contribution in [1.82, 2.24) is 10.6 Å². The molecule has 1 atom stereocenters. The number of hydrogen-bond acceptors (Lipinski definition) is 2. The lowest BCUT2D eigenvalue weighted by atomic mass is 10.1. The topological polar surface area (TPSA) is 41.1 Å². The largest absolute Gasteiger partial charge is 0.352 e. The van der Waals surface area contributed by atoms with Gasteiger partial charge in [0.05, 0.1) is 6.54 Å². The number of carbonyl (C=O) groups excluding carboxylic acids is 1. The molecule has 2 N–H and O–H groups in total. The standard InChI is InChI=1S/C14H21BrN2O/c1-10(2)11(3)17-14(18)9-16-8-12-5-4-6-13(15)7-12/h4-7,10-11,16H,8-9H2,1-3H3,(H,17,18). The molecule has 0 spiro atoms. The van der Waals surface area contributed by atoms with Gasteiger partial charge in [0.15, 0.2) is 0 Å². The molecule has 0 aliphatic carbocycles. The second kappa shape index (κ2) is 7.54. The number of nitrogens with one attached hydrogen (secondary N) is 2. The van der Waals surface area contributed by atoms with Crippen LogP contribution in [-0.4, -0.2) is 18.5 Å². The average molecular weight is 313 g/mol. The molecule has 0 fully saturated rings. The van der Waals surface area contributed by atoms with Crippen molar-refractivity contribution >= 4 is 21.8 Å². The van der Waals surface area contributed by atoms with Gasteiger partial charge in [-0.3, -0.25) is 4.79 Å². The van der Waals surface area contributed by atoms with Crippen molar-refractivity contribution in [2.75, 3.05) is 6.54 Å². The first-order chi connectivity index (χ1) is 8.49. The monoisotopic (exact) mass is 312 g/mol. The zero-order valence-electron chi connectivity index (χ0n) is 11.2. The Morgan fingerprint density at radius 1 is 1.33 bits per heavy atom. The SMILES string of the molecule is CC(C)C(C)NC(=O)CNCc1cccc(Br)c1. The van der Waals surface area contributed by atoms with Crippen LogP contribution in [0, 0.1) is 5.92 Å². The van der Waals surface area contributed by atoms with Crippen molar-refractivity contribution in [2.24, 2.45) is 5.92 Å². The normalized spacial score (nSPS) is 12.5. The molecule has 1 rings (SSSR count). The van der Waals surface area contributed by atoms with Crippen molar-refractivity contribution in [3.05, 3.63) is 34.3 Å². The van der Waals surface area contributed by atoms with Gasteiger partial charge in [0.2, 0.25) is 5.91 Å². The molecular weight excluding hydrogens is 292 g/mol. The van der Waals surface area contributed by atoms with Crippen LogP contribution in [0.1, 0.15) is 26.3 Å². The molecule has 100 valence electrons. The van der Waals surface area contributed by atoms with Crippen LogP contribution in [0.3, 0.4) is 0 Å². The lowest BCUT2D eigenvalue weighted by Crippen LogP contribution is -2.41. The van der Waals surface area contributed by atoms with Crippen molar-refractivity contribution in [3.8, 4) is 0 Å². The summed E-state index contributed by atoms with van der Waals surface area (Å²) in [6.07, 6.45) is 0. The first-order valence-electron chi connectivity index (χ1n) is 6.23. The minimum atomic E-state index is 0.0474. The Bertz CT molecular complexity index is 393. The van der Waals surface area contributed by atoms with E-state index >= 15 is 0 Å². The van der Waals surface area contributed by atoms with Gasteiger partial charge < -0.3 is 10.6 Å². The lowest BCUT2D eigenvalue weighted by molar-refractivity contribution is -0.121. The fourth-order valence-electron chi connectivity index (χ4n) is 1.44. The number of hydrogen-bond donors (Lipinski definition) is 2. The zero-order valence-corrected chi connectivity index (χ0v) is 12.8. The van der Waals surface area contributed by atoms with Crippen LogP contribution < -0.4 is 10.6 Å². The molecule has 1 aromatic rings. The van der Waals surface area contributed by atoms with Crippen molar-refractivity contribution in [2.45, 2.75) is 33.4 Å². The summed E-state index contributed by atoms with van der Waals surface area (Å²) in [6.45, 7) is 7.27. The highest BCUT2D eigenvalue weighted by Crippen LogP contribution is 2.11. The maximum atomic E-state index is 11.6. The highest BCUT2D eigenvalue weighted by molar-refractivity contribution is 9.10. The summed E-state index contributed by atoms with van der Waals surface area (Å²) >= 11 is 3.42. The van der Waals surface area contributed by atoms with Crippen LogP contribution in [0.2, 0.25) is 0 Å². The summed E-state index contributed by atoms with van der Waals surface area (Å²) in [5.74, 6) is 0.505. The minimum Gasteiger partial charge on any atom is -0.352 e. The highest BCUT2D eigenvalue weighted by Gasteiger charge is 2.09. The molecule has 0 aliphatic rings. The highest BCUT2D eigenvalue weighted by atomic mass is 79.9. The summed E-state index contributed by atoms with van der Waals surface area (Å²) in [6, 6.07) is 8.27. The second-order valence-electron chi connectivity index (χ2n) is 4.83. The van der Waals surface area contributed by atoms with Gasteiger partial charge in [0.25, 0.3) is 0 Å². The number of carbonyl (C=O) groups is 1. The summed E-state index contributed by atoms with van der Waals surface area (Å²) < 4.78 is 1.06. The van der Waals surface area contributed by atoms with Gasteiger partial charge >= 0.3 is 0 Å². The average Bonchev–Trinajstić information content (AvgIpc) is 2.28. The summed E-state index contributed by atoms with van der Waals surface area (Å²) in [7, 11) is 0. The molecule has 1 amide bonds. The molecule has 4 heteroatoms. The van der Waals surface area contributed by atoms with Crippen LogP contribution in [-0.2, 0) is 11.3 Å². The quantitative estimate of drug-likeness (QED) is 0.848. The van der Waals surface area contributed by atoms with Gasteiger partial charge in [-0.25, -0.2) is 0 Å². The van der Waals surface area contributed by atoms with Crippen LogP contribution in [0.4, 0.5) is 0 Å². The van der Waals surface area contributed by atoms with Crippen LogP contribution in [0.25, 0.3) is 0 Å².